The van der Waals surface area contributed by atoms with Crippen LogP contribution in [0.15, 0.2) is 6.07 Å². The van der Waals surface area contributed by atoms with Crippen molar-refractivity contribution in [2.75, 3.05) is 13.1 Å². The molecular formula is C10H12Cl2N2O. The molecule has 0 unspecified atom stereocenters. The molecule has 0 bridgehead atoms. The molecule has 0 radical (unpaired) electrons. The molecule has 1 aliphatic rings. The standard InChI is InChI=1S/C10H12Cl2N2O/c11-7-6-8(13-9(7)12)10(15)14-4-2-1-3-5-14/h6,13H,1-5H2. The first-order valence-electron chi connectivity index (χ1n) is 5.02. The number of piperidine rings is 1. The Kier molecular flexibility index (Phi) is 3.22. The number of rotatable bonds is 1. The van der Waals surface area contributed by atoms with Gasteiger partial charge in [0.1, 0.15) is 10.8 Å². The van der Waals surface area contributed by atoms with Gasteiger partial charge in [-0.15, -0.1) is 0 Å². The number of halogens is 2. The van der Waals surface area contributed by atoms with Crippen LogP contribution in [-0.2, 0) is 0 Å². The maximum atomic E-state index is 11.9. The fraction of sp³-hybridized carbons (Fsp3) is 0.500. The van der Waals surface area contributed by atoms with Crippen molar-refractivity contribution in [3.05, 3.63) is 21.9 Å². The lowest BCUT2D eigenvalue weighted by atomic mass is 10.1. The fourth-order valence-corrected chi connectivity index (χ4v) is 2.10. The van der Waals surface area contributed by atoms with E-state index in [1.807, 2.05) is 4.90 Å². The first-order valence-corrected chi connectivity index (χ1v) is 5.77. The average molecular weight is 247 g/mol. The van der Waals surface area contributed by atoms with Crippen LogP contribution in [0.5, 0.6) is 0 Å². The van der Waals surface area contributed by atoms with E-state index in [0.29, 0.717) is 15.9 Å². The summed E-state index contributed by atoms with van der Waals surface area (Å²) in [5.74, 6) is -0.0106. The van der Waals surface area contributed by atoms with Gasteiger partial charge in [-0.05, 0) is 25.3 Å². The molecule has 5 heteroatoms. The van der Waals surface area contributed by atoms with Gasteiger partial charge in [0.2, 0.25) is 0 Å². The molecule has 2 rings (SSSR count). The first kappa shape index (κ1) is 10.8. The van der Waals surface area contributed by atoms with E-state index < -0.39 is 0 Å². The third kappa shape index (κ3) is 2.29. The van der Waals surface area contributed by atoms with Gasteiger partial charge in [0.15, 0.2) is 0 Å². The fourth-order valence-electron chi connectivity index (χ4n) is 1.79. The molecule has 1 amide bonds. The Morgan fingerprint density at radius 3 is 2.47 bits per heavy atom. The van der Waals surface area contributed by atoms with Crippen LogP contribution in [0.3, 0.4) is 0 Å². The summed E-state index contributed by atoms with van der Waals surface area (Å²) >= 11 is 11.5. The zero-order chi connectivity index (χ0) is 10.8. The van der Waals surface area contributed by atoms with Crippen LogP contribution in [0.1, 0.15) is 29.8 Å². The van der Waals surface area contributed by atoms with Gasteiger partial charge in [0, 0.05) is 13.1 Å². The smallest absolute Gasteiger partial charge is 0.270 e. The second-order valence-electron chi connectivity index (χ2n) is 3.70. The highest BCUT2D eigenvalue weighted by Gasteiger charge is 2.20. The summed E-state index contributed by atoms with van der Waals surface area (Å²) in [5, 5.41) is 0.731. The van der Waals surface area contributed by atoms with E-state index in [9.17, 15) is 4.79 Å². The van der Waals surface area contributed by atoms with E-state index in [4.69, 9.17) is 23.2 Å². The molecule has 1 aromatic rings. The first-order chi connectivity index (χ1) is 7.18. The Balaban J connectivity index is 2.12. The quantitative estimate of drug-likeness (QED) is 0.813. The molecule has 3 nitrogen and oxygen atoms in total. The van der Waals surface area contributed by atoms with Crippen LogP contribution >= 0.6 is 23.2 Å². The van der Waals surface area contributed by atoms with E-state index in [2.05, 4.69) is 4.98 Å². The van der Waals surface area contributed by atoms with E-state index in [1.54, 1.807) is 6.07 Å². The highest BCUT2D eigenvalue weighted by atomic mass is 35.5. The molecule has 0 saturated carbocycles. The van der Waals surface area contributed by atoms with Gasteiger partial charge in [-0.3, -0.25) is 4.79 Å². The van der Waals surface area contributed by atoms with Gasteiger partial charge >= 0.3 is 0 Å². The minimum atomic E-state index is -0.0106. The van der Waals surface area contributed by atoms with Crippen molar-refractivity contribution < 1.29 is 4.79 Å². The second-order valence-corrected chi connectivity index (χ2v) is 4.48. The van der Waals surface area contributed by atoms with Gasteiger partial charge in [0.25, 0.3) is 5.91 Å². The number of hydrogen-bond acceptors (Lipinski definition) is 1. The van der Waals surface area contributed by atoms with Crippen LogP contribution in [-0.4, -0.2) is 28.9 Å². The molecule has 0 spiro atoms. The SMILES string of the molecule is O=C(c1cc(Cl)c(Cl)[nH]1)N1CCCCC1. The lowest BCUT2D eigenvalue weighted by Gasteiger charge is -2.26. The Labute approximate surface area is 98.4 Å². The molecule has 0 atom stereocenters. The molecule has 82 valence electrons. The van der Waals surface area contributed by atoms with Crippen molar-refractivity contribution in [1.82, 2.24) is 9.88 Å². The van der Waals surface area contributed by atoms with Crippen molar-refractivity contribution >= 4 is 29.1 Å². The number of H-pyrrole nitrogens is 1. The maximum absolute atomic E-state index is 11.9. The highest BCUT2D eigenvalue weighted by molar-refractivity contribution is 6.41. The average Bonchev–Trinajstić information content (AvgIpc) is 2.59. The summed E-state index contributed by atoms with van der Waals surface area (Å²) in [6.45, 7) is 1.65. The maximum Gasteiger partial charge on any atom is 0.270 e. The second kappa shape index (κ2) is 4.45. The van der Waals surface area contributed by atoms with Crippen LogP contribution in [0, 0.1) is 0 Å². The molecule has 0 aliphatic carbocycles. The number of carbonyl (C=O) groups is 1. The molecular weight excluding hydrogens is 235 g/mol. The molecule has 1 fully saturated rings. The molecule has 1 aromatic heterocycles. The molecule has 1 N–H and O–H groups in total. The number of carbonyl (C=O) groups excluding carboxylic acids is 1. The number of amides is 1. The summed E-state index contributed by atoms with van der Waals surface area (Å²) in [6.07, 6.45) is 3.36. The van der Waals surface area contributed by atoms with Crippen LogP contribution in [0.25, 0.3) is 0 Å². The highest BCUT2D eigenvalue weighted by Crippen LogP contribution is 2.23. The summed E-state index contributed by atoms with van der Waals surface area (Å²) in [5.41, 5.74) is 0.479. The van der Waals surface area contributed by atoms with E-state index in [0.717, 1.165) is 25.9 Å². The summed E-state index contributed by atoms with van der Waals surface area (Å²) in [6, 6.07) is 1.58. The topological polar surface area (TPSA) is 36.1 Å². The predicted octanol–water partition coefficient (Wildman–Crippen LogP) is 2.95. The largest absolute Gasteiger partial charge is 0.340 e. The van der Waals surface area contributed by atoms with Crippen LogP contribution in [0.4, 0.5) is 0 Å². The van der Waals surface area contributed by atoms with E-state index >= 15 is 0 Å². The molecule has 15 heavy (non-hydrogen) atoms. The van der Waals surface area contributed by atoms with Gasteiger partial charge < -0.3 is 9.88 Å². The Bertz CT molecular complexity index is 350. The van der Waals surface area contributed by atoms with E-state index in [1.165, 1.54) is 6.42 Å². The van der Waals surface area contributed by atoms with Crippen LogP contribution in [0.2, 0.25) is 10.2 Å². The number of nitrogens with one attached hydrogen (secondary N) is 1. The third-order valence-corrected chi connectivity index (χ3v) is 3.29. The number of hydrogen-bond donors (Lipinski definition) is 1. The number of likely N-dealkylation sites (tertiary alicyclic amines) is 1. The Hall–Kier alpha value is -0.670. The summed E-state index contributed by atoms with van der Waals surface area (Å²) in [7, 11) is 0. The van der Waals surface area contributed by atoms with E-state index in [-0.39, 0.29) is 5.91 Å². The zero-order valence-electron chi connectivity index (χ0n) is 8.22. The minimum Gasteiger partial charge on any atom is -0.340 e. The monoisotopic (exact) mass is 246 g/mol. The van der Waals surface area contributed by atoms with Gasteiger partial charge in [-0.25, -0.2) is 0 Å². The lowest BCUT2D eigenvalue weighted by Crippen LogP contribution is -2.35. The van der Waals surface area contributed by atoms with Crippen molar-refractivity contribution in [2.24, 2.45) is 0 Å². The molecule has 0 aromatic carbocycles. The van der Waals surface area contributed by atoms with Crippen LogP contribution < -0.4 is 0 Å². The minimum absolute atomic E-state index is 0.0106. The summed E-state index contributed by atoms with van der Waals surface area (Å²) < 4.78 is 0. The number of nitrogens with zero attached hydrogens (tertiary/aromatic N) is 1. The normalized spacial score (nSPS) is 16.8. The zero-order valence-corrected chi connectivity index (χ0v) is 9.74. The van der Waals surface area contributed by atoms with Gasteiger partial charge in [-0.1, -0.05) is 23.2 Å². The summed E-state index contributed by atoms with van der Waals surface area (Å²) in [4.78, 5) is 16.6. The number of aromatic amines is 1. The molecule has 2 heterocycles. The lowest BCUT2D eigenvalue weighted by molar-refractivity contribution is 0.0719. The van der Waals surface area contributed by atoms with Gasteiger partial charge in [-0.2, -0.15) is 0 Å². The Morgan fingerprint density at radius 2 is 1.93 bits per heavy atom. The number of aromatic nitrogens is 1. The van der Waals surface area contributed by atoms with Gasteiger partial charge in [0.05, 0.1) is 5.02 Å². The third-order valence-electron chi connectivity index (χ3n) is 2.60. The van der Waals surface area contributed by atoms with Crippen molar-refractivity contribution in [3.63, 3.8) is 0 Å². The van der Waals surface area contributed by atoms with Crippen molar-refractivity contribution in [3.8, 4) is 0 Å². The van der Waals surface area contributed by atoms with Crippen molar-refractivity contribution in [1.29, 1.82) is 0 Å². The van der Waals surface area contributed by atoms with Crippen molar-refractivity contribution in [2.45, 2.75) is 19.3 Å². The molecule has 1 aliphatic heterocycles. The Morgan fingerprint density at radius 1 is 1.27 bits per heavy atom. The predicted molar refractivity (Wildman–Crippen MR) is 60.6 cm³/mol. The molecule has 1 saturated heterocycles.